The second kappa shape index (κ2) is 11.7. The largest absolute Gasteiger partial charge is 0.450 e. The molecule has 0 aromatic carbocycles. The van der Waals surface area contributed by atoms with E-state index in [1.807, 2.05) is 11.8 Å². The predicted molar refractivity (Wildman–Crippen MR) is 106 cm³/mol. The van der Waals surface area contributed by atoms with E-state index in [1.54, 1.807) is 4.90 Å². The van der Waals surface area contributed by atoms with Crippen LogP contribution in [-0.4, -0.2) is 91.6 Å². The molecule has 2 rings (SSSR count). The van der Waals surface area contributed by atoms with Crippen LogP contribution in [0.3, 0.4) is 0 Å². The van der Waals surface area contributed by atoms with E-state index in [9.17, 15) is 9.59 Å². The van der Waals surface area contributed by atoms with Crippen molar-refractivity contribution in [2.45, 2.75) is 46.0 Å². The molecule has 2 aliphatic heterocycles. The van der Waals surface area contributed by atoms with E-state index in [-0.39, 0.29) is 6.09 Å². The Morgan fingerprint density at radius 1 is 1.07 bits per heavy atom. The van der Waals surface area contributed by atoms with Crippen LogP contribution in [-0.2, 0) is 9.53 Å². The van der Waals surface area contributed by atoms with Crippen molar-refractivity contribution in [3.05, 3.63) is 0 Å². The van der Waals surface area contributed by atoms with Crippen LogP contribution in [0.1, 0.15) is 46.0 Å². The third-order valence-corrected chi connectivity index (χ3v) is 4.96. The fourth-order valence-electron chi connectivity index (χ4n) is 3.46. The Bertz CT molecular complexity index is 504. The standard InChI is InChI=1S/C19H35N5O3/c1-3-20-18(23-13-15-24(16-14-23)19(26)27-4-2)21-10-8-12-22-11-7-5-6-9-17(22)25/h3-16H2,1-2H3,(H,20,21). The molecule has 2 fully saturated rings. The molecule has 0 spiro atoms. The van der Waals surface area contributed by atoms with E-state index in [1.165, 1.54) is 0 Å². The monoisotopic (exact) mass is 381 g/mol. The molecule has 2 saturated heterocycles. The molecule has 0 aromatic heterocycles. The Kier molecular flexibility index (Phi) is 9.21. The van der Waals surface area contributed by atoms with Gasteiger partial charge in [-0.25, -0.2) is 4.79 Å². The van der Waals surface area contributed by atoms with Gasteiger partial charge in [-0.05, 0) is 33.1 Å². The minimum atomic E-state index is -0.235. The summed E-state index contributed by atoms with van der Waals surface area (Å²) in [6.07, 6.45) is 4.63. The number of nitrogens with one attached hydrogen (secondary N) is 1. The summed E-state index contributed by atoms with van der Waals surface area (Å²) in [5, 5.41) is 3.34. The van der Waals surface area contributed by atoms with Gasteiger partial charge in [-0.3, -0.25) is 9.79 Å². The fourth-order valence-corrected chi connectivity index (χ4v) is 3.46. The Hall–Kier alpha value is -1.99. The van der Waals surface area contributed by atoms with E-state index in [4.69, 9.17) is 9.73 Å². The molecular formula is C19H35N5O3. The van der Waals surface area contributed by atoms with Crippen LogP contribution >= 0.6 is 0 Å². The summed E-state index contributed by atoms with van der Waals surface area (Å²) in [5.41, 5.74) is 0. The maximum Gasteiger partial charge on any atom is 0.409 e. The number of carbonyl (C=O) groups is 2. The Morgan fingerprint density at radius 3 is 2.52 bits per heavy atom. The summed E-state index contributed by atoms with van der Waals surface area (Å²) in [6.45, 7) is 10.2. The predicted octanol–water partition coefficient (Wildman–Crippen LogP) is 1.52. The van der Waals surface area contributed by atoms with Crippen LogP contribution in [0.15, 0.2) is 4.99 Å². The van der Waals surface area contributed by atoms with Crippen molar-refractivity contribution in [2.75, 3.05) is 59.0 Å². The van der Waals surface area contributed by atoms with Crippen LogP contribution < -0.4 is 5.32 Å². The summed E-state index contributed by atoms with van der Waals surface area (Å²) in [5.74, 6) is 1.18. The zero-order valence-corrected chi connectivity index (χ0v) is 16.9. The number of carbonyl (C=O) groups excluding carboxylic acids is 2. The molecule has 0 aliphatic carbocycles. The van der Waals surface area contributed by atoms with Crippen molar-refractivity contribution in [3.63, 3.8) is 0 Å². The topological polar surface area (TPSA) is 77.5 Å². The normalized spacial score (nSPS) is 19.1. The first-order chi connectivity index (χ1) is 13.2. The molecular weight excluding hydrogens is 346 g/mol. The Labute approximate surface area is 162 Å². The molecule has 0 saturated carbocycles. The van der Waals surface area contributed by atoms with Gasteiger partial charge in [0.2, 0.25) is 5.91 Å². The number of piperazine rings is 1. The van der Waals surface area contributed by atoms with Crippen molar-refractivity contribution < 1.29 is 14.3 Å². The quantitative estimate of drug-likeness (QED) is 0.429. The number of hydrogen-bond donors (Lipinski definition) is 1. The van der Waals surface area contributed by atoms with Crippen molar-refractivity contribution in [3.8, 4) is 0 Å². The number of hydrogen-bond acceptors (Lipinski definition) is 4. The summed E-state index contributed by atoms with van der Waals surface area (Å²) in [6, 6.07) is 0. The number of rotatable bonds is 6. The van der Waals surface area contributed by atoms with Crippen LogP contribution in [0.25, 0.3) is 0 Å². The lowest BCUT2D eigenvalue weighted by Crippen LogP contribution is -2.54. The van der Waals surface area contributed by atoms with E-state index >= 15 is 0 Å². The van der Waals surface area contributed by atoms with Crippen LogP contribution in [0, 0.1) is 0 Å². The molecule has 2 heterocycles. The summed E-state index contributed by atoms with van der Waals surface area (Å²) >= 11 is 0. The van der Waals surface area contributed by atoms with Crippen molar-refractivity contribution in [2.24, 2.45) is 4.99 Å². The average molecular weight is 382 g/mol. The number of aliphatic imine (C=N–C) groups is 1. The van der Waals surface area contributed by atoms with Gasteiger partial charge in [0.05, 0.1) is 6.61 Å². The molecule has 154 valence electrons. The van der Waals surface area contributed by atoms with Gasteiger partial charge in [0.25, 0.3) is 0 Å². The maximum atomic E-state index is 12.1. The van der Waals surface area contributed by atoms with Crippen molar-refractivity contribution in [1.29, 1.82) is 0 Å². The highest BCUT2D eigenvalue weighted by Gasteiger charge is 2.23. The highest BCUT2D eigenvalue weighted by atomic mass is 16.6. The highest BCUT2D eigenvalue weighted by Crippen LogP contribution is 2.11. The van der Waals surface area contributed by atoms with Gasteiger partial charge in [0, 0.05) is 58.8 Å². The van der Waals surface area contributed by atoms with E-state index in [2.05, 4.69) is 17.1 Å². The second-order valence-electron chi connectivity index (χ2n) is 6.95. The average Bonchev–Trinajstić information content (AvgIpc) is 2.89. The Balaban J connectivity index is 1.78. The molecule has 0 bridgehead atoms. The molecule has 2 aliphatic rings. The first-order valence-corrected chi connectivity index (χ1v) is 10.4. The van der Waals surface area contributed by atoms with Crippen LogP contribution in [0.5, 0.6) is 0 Å². The third kappa shape index (κ3) is 6.92. The summed E-state index contributed by atoms with van der Waals surface area (Å²) < 4.78 is 5.07. The zero-order chi connectivity index (χ0) is 19.5. The number of amides is 2. The lowest BCUT2D eigenvalue weighted by Gasteiger charge is -2.36. The molecule has 0 unspecified atom stereocenters. The van der Waals surface area contributed by atoms with Gasteiger partial charge in [-0.1, -0.05) is 6.42 Å². The lowest BCUT2D eigenvalue weighted by atomic mass is 10.2. The summed E-state index contributed by atoms with van der Waals surface area (Å²) in [7, 11) is 0. The van der Waals surface area contributed by atoms with Gasteiger partial charge in [0.15, 0.2) is 5.96 Å². The highest BCUT2D eigenvalue weighted by molar-refractivity contribution is 5.80. The number of guanidine groups is 1. The number of ether oxygens (including phenoxy) is 1. The van der Waals surface area contributed by atoms with E-state index in [0.29, 0.717) is 38.6 Å². The number of nitrogens with zero attached hydrogens (tertiary/aromatic N) is 4. The van der Waals surface area contributed by atoms with Gasteiger partial charge >= 0.3 is 6.09 Å². The molecule has 0 aromatic rings. The van der Waals surface area contributed by atoms with Crippen LogP contribution in [0.2, 0.25) is 0 Å². The molecule has 1 N–H and O–H groups in total. The first kappa shape index (κ1) is 21.3. The first-order valence-electron chi connectivity index (χ1n) is 10.4. The van der Waals surface area contributed by atoms with Gasteiger partial charge in [-0.2, -0.15) is 0 Å². The number of likely N-dealkylation sites (tertiary alicyclic amines) is 1. The van der Waals surface area contributed by atoms with E-state index in [0.717, 1.165) is 64.4 Å². The smallest absolute Gasteiger partial charge is 0.409 e. The second-order valence-corrected chi connectivity index (χ2v) is 6.95. The molecule has 0 atom stereocenters. The maximum absolute atomic E-state index is 12.1. The Morgan fingerprint density at radius 2 is 1.81 bits per heavy atom. The minimum Gasteiger partial charge on any atom is -0.450 e. The summed E-state index contributed by atoms with van der Waals surface area (Å²) in [4.78, 5) is 34.5. The van der Waals surface area contributed by atoms with Gasteiger partial charge in [-0.15, -0.1) is 0 Å². The molecule has 8 heteroatoms. The molecule has 27 heavy (non-hydrogen) atoms. The van der Waals surface area contributed by atoms with Gasteiger partial charge < -0.3 is 24.8 Å². The SMILES string of the molecule is CCNC(=NCCCN1CCCCCC1=O)N1CCN(C(=O)OCC)CC1. The van der Waals surface area contributed by atoms with Crippen molar-refractivity contribution >= 4 is 18.0 Å². The van der Waals surface area contributed by atoms with E-state index < -0.39 is 0 Å². The molecule has 0 radical (unpaired) electrons. The minimum absolute atomic E-state index is 0.235. The fraction of sp³-hybridized carbons (Fsp3) is 0.842. The van der Waals surface area contributed by atoms with Gasteiger partial charge in [0.1, 0.15) is 0 Å². The third-order valence-electron chi connectivity index (χ3n) is 4.96. The van der Waals surface area contributed by atoms with Crippen molar-refractivity contribution in [1.82, 2.24) is 20.0 Å². The zero-order valence-electron chi connectivity index (χ0n) is 16.9. The molecule has 2 amide bonds. The van der Waals surface area contributed by atoms with Crippen LogP contribution in [0.4, 0.5) is 4.79 Å². The molecule has 8 nitrogen and oxygen atoms in total. The lowest BCUT2D eigenvalue weighted by molar-refractivity contribution is -0.130.